The number of thiazole rings is 1. The Balaban J connectivity index is 1.52. The van der Waals surface area contributed by atoms with Gasteiger partial charge in [0.2, 0.25) is 5.91 Å². The van der Waals surface area contributed by atoms with E-state index in [-0.39, 0.29) is 17.8 Å². The van der Waals surface area contributed by atoms with E-state index in [2.05, 4.69) is 4.98 Å². The number of thioether (sulfide) groups is 1. The minimum Gasteiger partial charge on any atom is -0.466 e. The first-order valence-corrected chi connectivity index (χ1v) is 10.6. The number of likely N-dealkylation sites (tertiary alicyclic amines) is 1. The van der Waals surface area contributed by atoms with Crippen LogP contribution in [-0.2, 0) is 14.3 Å². The van der Waals surface area contributed by atoms with Gasteiger partial charge in [-0.2, -0.15) is 0 Å². The van der Waals surface area contributed by atoms with Crippen molar-refractivity contribution in [3.63, 3.8) is 0 Å². The van der Waals surface area contributed by atoms with Crippen molar-refractivity contribution >= 4 is 35.0 Å². The van der Waals surface area contributed by atoms with Crippen LogP contribution in [0, 0.1) is 5.92 Å². The quantitative estimate of drug-likeness (QED) is 0.556. The highest BCUT2D eigenvalue weighted by molar-refractivity contribution is 8.01. The number of aromatic nitrogens is 1. The van der Waals surface area contributed by atoms with E-state index >= 15 is 0 Å². The summed E-state index contributed by atoms with van der Waals surface area (Å²) in [4.78, 5) is 30.8. The zero-order valence-corrected chi connectivity index (χ0v) is 16.4. The predicted molar refractivity (Wildman–Crippen MR) is 104 cm³/mol. The molecule has 1 unspecified atom stereocenters. The van der Waals surface area contributed by atoms with Crippen LogP contribution >= 0.6 is 23.1 Å². The molecule has 1 aliphatic rings. The molecule has 138 valence electrons. The predicted octanol–water partition coefficient (Wildman–Crippen LogP) is 3.70. The van der Waals surface area contributed by atoms with E-state index in [1.54, 1.807) is 23.2 Å². The summed E-state index contributed by atoms with van der Waals surface area (Å²) in [6.45, 7) is 3.36. The van der Waals surface area contributed by atoms with E-state index in [9.17, 15) is 9.59 Å². The normalized spacial score (nSPS) is 17.1. The molecule has 1 saturated heterocycles. The molecule has 1 aromatic carbocycles. The summed E-state index contributed by atoms with van der Waals surface area (Å²) < 4.78 is 5.98. The standard InChI is InChI=1S/C19H22N2O3S2/c1-2-24-18(23)15-9-6-10-21(11-15)17(22)13-26-19-20-16(12-25-19)14-7-4-3-5-8-14/h3-5,7-8,12,15H,2,6,9-11,13H2,1H3. The zero-order valence-electron chi connectivity index (χ0n) is 14.7. The number of amides is 1. The number of hydrogen-bond acceptors (Lipinski definition) is 6. The fourth-order valence-electron chi connectivity index (χ4n) is 2.94. The van der Waals surface area contributed by atoms with Crippen LogP contribution in [0.5, 0.6) is 0 Å². The second-order valence-corrected chi connectivity index (χ2v) is 8.16. The maximum Gasteiger partial charge on any atom is 0.310 e. The summed E-state index contributed by atoms with van der Waals surface area (Å²) in [5.74, 6) is 0.0184. The lowest BCUT2D eigenvalue weighted by molar-refractivity contribution is -0.151. The van der Waals surface area contributed by atoms with Crippen LogP contribution in [0.15, 0.2) is 40.1 Å². The minimum atomic E-state index is -0.192. The molecule has 1 amide bonds. The number of carbonyl (C=O) groups is 2. The van der Waals surface area contributed by atoms with Gasteiger partial charge in [0.05, 0.1) is 24.0 Å². The van der Waals surface area contributed by atoms with Gasteiger partial charge in [0.25, 0.3) is 0 Å². The van der Waals surface area contributed by atoms with Crippen molar-refractivity contribution in [3.8, 4) is 11.3 Å². The van der Waals surface area contributed by atoms with Crippen LogP contribution < -0.4 is 0 Å². The topological polar surface area (TPSA) is 59.5 Å². The Morgan fingerprint density at radius 3 is 2.92 bits per heavy atom. The Morgan fingerprint density at radius 1 is 1.35 bits per heavy atom. The van der Waals surface area contributed by atoms with Crippen LogP contribution in [0.3, 0.4) is 0 Å². The maximum absolute atomic E-state index is 12.5. The molecule has 26 heavy (non-hydrogen) atoms. The summed E-state index contributed by atoms with van der Waals surface area (Å²) in [5.41, 5.74) is 2.01. The van der Waals surface area contributed by atoms with Gasteiger partial charge in [-0.3, -0.25) is 9.59 Å². The molecule has 0 radical (unpaired) electrons. The minimum absolute atomic E-state index is 0.0560. The number of piperidine rings is 1. The third kappa shape index (κ3) is 4.86. The van der Waals surface area contributed by atoms with Crippen molar-refractivity contribution in [1.82, 2.24) is 9.88 Å². The lowest BCUT2D eigenvalue weighted by Crippen LogP contribution is -2.43. The highest BCUT2D eigenvalue weighted by atomic mass is 32.2. The number of benzene rings is 1. The first-order valence-electron chi connectivity index (χ1n) is 8.75. The molecule has 3 rings (SSSR count). The zero-order chi connectivity index (χ0) is 18.4. The molecule has 1 aliphatic heterocycles. The average molecular weight is 391 g/mol. The molecule has 2 aromatic rings. The summed E-state index contributed by atoms with van der Waals surface area (Å²) in [5, 5.41) is 2.01. The van der Waals surface area contributed by atoms with Gasteiger partial charge >= 0.3 is 5.97 Å². The number of nitrogens with zero attached hydrogens (tertiary/aromatic N) is 2. The van der Waals surface area contributed by atoms with Crippen LogP contribution in [0.2, 0.25) is 0 Å². The molecule has 1 fully saturated rings. The largest absolute Gasteiger partial charge is 0.466 e. The lowest BCUT2D eigenvalue weighted by atomic mass is 9.98. The van der Waals surface area contributed by atoms with Crippen molar-refractivity contribution < 1.29 is 14.3 Å². The molecular weight excluding hydrogens is 368 g/mol. The maximum atomic E-state index is 12.5. The van der Waals surface area contributed by atoms with E-state index in [1.807, 2.05) is 35.7 Å². The van der Waals surface area contributed by atoms with Gasteiger partial charge in [0.15, 0.2) is 4.34 Å². The monoisotopic (exact) mass is 390 g/mol. The van der Waals surface area contributed by atoms with Crippen LogP contribution in [0.4, 0.5) is 0 Å². The fourth-order valence-corrected chi connectivity index (χ4v) is 4.67. The molecule has 1 atom stereocenters. The van der Waals surface area contributed by atoms with Crippen LogP contribution in [-0.4, -0.2) is 47.2 Å². The van der Waals surface area contributed by atoms with Gasteiger partial charge in [0, 0.05) is 24.0 Å². The van der Waals surface area contributed by atoms with E-state index in [1.165, 1.54) is 11.8 Å². The highest BCUT2D eigenvalue weighted by Crippen LogP contribution is 2.28. The lowest BCUT2D eigenvalue weighted by Gasteiger charge is -2.31. The molecule has 7 heteroatoms. The molecule has 0 N–H and O–H groups in total. The Bertz CT molecular complexity index is 748. The molecule has 2 heterocycles. The van der Waals surface area contributed by atoms with Gasteiger partial charge in [-0.25, -0.2) is 4.98 Å². The molecule has 5 nitrogen and oxygen atoms in total. The van der Waals surface area contributed by atoms with Gasteiger partial charge in [0.1, 0.15) is 0 Å². The summed E-state index contributed by atoms with van der Waals surface area (Å²) in [6, 6.07) is 10.0. The first-order chi connectivity index (χ1) is 12.7. The Kier molecular flexibility index (Phi) is 6.68. The number of ether oxygens (including phenoxy) is 1. The molecule has 0 saturated carbocycles. The molecule has 0 spiro atoms. The summed E-state index contributed by atoms with van der Waals surface area (Å²) in [6.07, 6.45) is 1.64. The third-order valence-electron chi connectivity index (χ3n) is 4.27. The number of hydrogen-bond donors (Lipinski definition) is 0. The Morgan fingerprint density at radius 2 is 2.15 bits per heavy atom. The van der Waals surface area contributed by atoms with Gasteiger partial charge < -0.3 is 9.64 Å². The number of rotatable bonds is 6. The molecule has 0 aliphatic carbocycles. The number of esters is 1. The van der Waals surface area contributed by atoms with Crippen LogP contribution in [0.25, 0.3) is 11.3 Å². The van der Waals surface area contributed by atoms with Gasteiger partial charge in [-0.1, -0.05) is 42.1 Å². The SMILES string of the molecule is CCOC(=O)C1CCCN(C(=O)CSc2nc(-c3ccccc3)cs2)C1. The average Bonchev–Trinajstić information content (AvgIpc) is 3.16. The van der Waals surface area contributed by atoms with E-state index in [0.29, 0.717) is 25.4 Å². The van der Waals surface area contributed by atoms with Gasteiger partial charge in [-0.05, 0) is 19.8 Å². The second-order valence-electron chi connectivity index (χ2n) is 6.08. The van der Waals surface area contributed by atoms with E-state index in [4.69, 9.17) is 4.74 Å². The first kappa shape index (κ1) is 18.9. The Hall–Kier alpha value is -1.86. The Labute approximate surface area is 161 Å². The van der Waals surface area contributed by atoms with Crippen LogP contribution in [0.1, 0.15) is 19.8 Å². The van der Waals surface area contributed by atoms with E-state index < -0.39 is 0 Å². The number of carbonyl (C=O) groups excluding carboxylic acids is 2. The van der Waals surface area contributed by atoms with Crippen molar-refractivity contribution in [1.29, 1.82) is 0 Å². The van der Waals surface area contributed by atoms with Crippen molar-refractivity contribution in [2.24, 2.45) is 5.92 Å². The van der Waals surface area contributed by atoms with Crippen molar-refractivity contribution in [2.75, 3.05) is 25.4 Å². The smallest absolute Gasteiger partial charge is 0.310 e. The fraction of sp³-hybridized carbons (Fsp3) is 0.421. The van der Waals surface area contributed by atoms with Gasteiger partial charge in [-0.15, -0.1) is 11.3 Å². The van der Waals surface area contributed by atoms with Crippen molar-refractivity contribution in [2.45, 2.75) is 24.1 Å². The highest BCUT2D eigenvalue weighted by Gasteiger charge is 2.29. The third-order valence-corrected chi connectivity index (χ3v) is 6.27. The molecular formula is C19H22N2O3S2. The summed E-state index contributed by atoms with van der Waals surface area (Å²) in [7, 11) is 0. The van der Waals surface area contributed by atoms with E-state index in [0.717, 1.165) is 28.4 Å². The molecule has 1 aromatic heterocycles. The second kappa shape index (κ2) is 9.19. The van der Waals surface area contributed by atoms with Crippen molar-refractivity contribution in [3.05, 3.63) is 35.7 Å². The summed E-state index contributed by atoms with van der Waals surface area (Å²) >= 11 is 3.01. The molecule has 0 bridgehead atoms.